The number of H-pyrrole nitrogens is 1. The minimum absolute atomic E-state index is 0.0308. The lowest BCUT2D eigenvalue weighted by molar-refractivity contribution is -0.0197. The van der Waals surface area contributed by atoms with Crippen molar-refractivity contribution >= 4 is 27.6 Å². The Labute approximate surface area is 190 Å². The minimum Gasteiger partial charge on any atom is -0.497 e. The maximum Gasteiger partial charge on any atom is 0.272 e. The van der Waals surface area contributed by atoms with Gasteiger partial charge in [0.1, 0.15) is 11.4 Å². The van der Waals surface area contributed by atoms with E-state index >= 15 is 0 Å². The van der Waals surface area contributed by atoms with E-state index in [9.17, 15) is 9.59 Å². The molecule has 6 rings (SSSR count). The van der Waals surface area contributed by atoms with E-state index in [1.165, 1.54) is 0 Å². The normalized spacial score (nSPS) is 23.9. The Balaban J connectivity index is 1.12. The average Bonchev–Trinajstić information content (AvgIpc) is 3.11. The van der Waals surface area contributed by atoms with Gasteiger partial charge in [0.25, 0.3) is 11.5 Å². The van der Waals surface area contributed by atoms with Gasteiger partial charge in [0.2, 0.25) is 0 Å². The predicted molar refractivity (Wildman–Crippen MR) is 127 cm³/mol. The molecule has 2 heterocycles. The van der Waals surface area contributed by atoms with Crippen LogP contribution in [0.1, 0.15) is 47.8 Å². The van der Waals surface area contributed by atoms with E-state index in [1.54, 1.807) is 7.11 Å². The molecule has 0 aliphatic heterocycles. The number of benzene rings is 2. The van der Waals surface area contributed by atoms with Crippen LogP contribution in [0.25, 0.3) is 21.7 Å². The number of hydrogen-bond acceptors (Lipinski definition) is 4. The third kappa shape index (κ3) is 3.14. The highest BCUT2D eigenvalue weighted by Gasteiger charge is 2.54. The Morgan fingerprint density at radius 2 is 1.88 bits per heavy atom. The van der Waals surface area contributed by atoms with Gasteiger partial charge in [-0.15, -0.1) is 0 Å². The largest absolute Gasteiger partial charge is 0.497 e. The van der Waals surface area contributed by atoms with Crippen molar-refractivity contribution in [2.75, 3.05) is 7.11 Å². The zero-order valence-corrected chi connectivity index (χ0v) is 18.7. The highest BCUT2D eigenvalue weighted by molar-refractivity contribution is 5.99. The zero-order valence-electron chi connectivity index (χ0n) is 18.7. The first-order valence-corrected chi connectivity index (χ1v) is 11.4. The monoisotopic (exact) mass is 442 g/mol. The van der Waals surface area contributed by atoms with E-state index in [0.717, 1.165) is 53.4 Å². The maximum atomic E-state index is 13.0. The number of nitrogens with zero attached hydrogens (tertiary/aromatic N) is 2. The van der Waals surface area contributed by atoms with Crippen LogP contribution in [0.15, 0.2) is 53.3 Å². The van der Waals surface area contributed by atoms with Crippen molar-refractivity contribution in [2.45, 2.75) is 37.6 Å². The molecule has 2 aromatic heterocycles. The third-order valence-electron chi connectivity index (χ3n) is 7.65. The van der Waals surface area contributed by atoms with Crippen molar-refractivity contribution in [1.29, 1.82) is 0 Å². The summed E-state index contributed by atoms with van der Waals surface area (Å²) in [5.74, 6) is 1.11. The summed E-state index contributed by atoms with van der Waals surface area (Å²) in [4.78, 5) is 25.0. The first-order valence-electron chi connectivity index (χ1n) is 11.4. The number of carbonyl (C=O) groups is 1. The number of amides is 1. The molecule has 0 unspecified atom stereocenters. The quantitative estimate of drug-likeness (QED) is 0.502. The summed E-state index contributed by atoms with van der Waals surface area (Å²) < 4.78 is 7.24. The molecule has 1 spiro atoms. The Morgan fingerprint density at radius 3 is 2.64 bits per heavy atom. The number of hydrogen-bond donors (Lipinski definition) is 2. The van der Waals surface area contributed by atoms with Crippen LogP contribution in [0.2, 0.25) is 0 Å². The lowest BCUT2D eigenvalue weighted by Gasteiger charge is -2.57. The van der Waals surface area contributed by atoms with Gasteiger partial charge in [-0.2, -0.15) is 5.10 Å². The molecule has 4 aromatic rings. The van der Waals surface area contributed by atoms with Crippen molar-refractivity contribution in [3.63, 3.8) is 0 Å². The van der Waals surface area contributed by atoms with Gasteiger partial charge in [0, 0.05) is 35.3 Å². The Bertz CT molecular complexity index is 1450. The van der Waals surface area contributed by atoms with Crippen LogP contribution >= 0.6 is 0 Å². The van der Waals surface area contributed by atoms with Crippen molar-refractivity contribution in [1.82, 2.24) is 20.1 Å². The summed E-state index contributed by atoms with van der Waals surface area (Å²) in [7, 11) is 3.56. The molecule has 7 heteroatoms. The number of ether oxygens (including phenoxy) is 1. The number of methoxy groups -OCH3 is 1. The Kier molecular flexibility index (Phi) is 4.37. The van der Waals surface area contributed by atoms with Gasteiger partial charge in [0.05, 0.1) is 18.2 Å². The van der Waals surface area contributed by atoms with Gasteiger partial charge >= 0.3 is 0 Å². The number of aryl methyl sites for hydroxylation is 1. The van der Waals surface area contributed by atoms with E-state index in [2.05, 4.69) is 15.5 Å². The molecule has 0 atom stereocenters. The zero-order chi connectivity index (χ0) is 22.7. The number of rotatable bonds is 4. The molecular weight excluding hydrogens is 416 g/mol. The first kappa shape index (κ1) is 20.0. The van der Waals surface area contributed by atoms with Gasteiger partial charge in [-0.3, -0.25) is 9.59 Å². The molecule has 1 amide bonds. The standard InChI is InChI=1S/C26H26N4O3/c1-30-21-8-7-18(33-2)9-15(21)10-22(30)25(32)27-17-13-26(14-17)11-16(12-26)23-19-5-3-4-6-20(19)24(31)29-28-23/h3-10,16-17H,11-14H2,1-2H3,(H,27,32)(H,29,31)/t16-,17-,26?. The maximum absolute atomic E-state index is 13.0. The van der Waals surface area contributed by atoms with E-state index in [0.29, 0.717) is 17.0 Å². The summed E-state index contributed by atoms with van der Waals surface area (Å²) in [5.41, 5.74) is 2.81. The fourth-order valence-corrected chi connectivity index (χ4v) is 5.98. The van der Waals surface area contributed by atoms with Crippen LogP contribution in [-0.2, 0) is 7.05 Å². The molecule has 168 valence electrons. The molecule has 2 aromatic carbocycles. The van der Waals surface area contributed by atoms with Crippen LogP contribution in [-0.4, -0.2) is 33.8 Å². The van der Waals surface area contributed by atoms with Crippen LogP contribution in [0.3, 0.4) is 0 Å². The topological polar surface area (TPSA) is 89.0 Å². The molecule has 7 nitrogen and oxygen atoms in total. The van der Waals surface area contributed by atoms with Crippen molar-refractivity contribution in [3.8, 4) is 5.75 Å². The predicted octanol–water partition coefficient (Wildman–Crippen LogP) is 3.88. The van der Waals surface area contributed by atoms with E-state index in [1.807, 2.05) is 60.1 Å². The van der Waals surface area contributed by atoms with E-state index in [4.69, 9.17) is 4.74 Å². The SMILES string of the molecule is COc1ccc2c(c1)cc(C(=O)N[C@H]1CC3(C1)C[C@H](c1n[nH]c(=O)c4ccccc41)C3)n2C. The Hall–Kier alpha value is -3.61. The fraction of sp³-hybridized carbons (Fsp3) is 0.346. The molecule has 2 aliphatic rings. The first-order chi connectivity index (χ1) is 16.0. The summed E-state index contributed by atoms with van der Waals surface area (Å²) >= 11 is 0. The lowest BCUT2D eigenvalue weighted by atomic mass is 9.49. The molecule has 33 heavy (non-hydrogen) atoms. The summed E-state index contributed by atoms with van der Waals surface area (Å²) in [6.45, 7) is 0. The highest BCUT2D eigenvalue weighted by atomic mass is 16.5. The molecule has 0 saturated heterocycles. The second kappa shape index (κ2) is 7.20. The number of aromatic amines is 1. The average molecular weight is 443 g/mol. The van der Waals surface area contributed by atoms with Gasteiger partial charge in [0.15, 0.2) is 0 Å². The molecular formula is C26H26N4O3. The summed E-state index contributed by atoms with van der Waals surface area (Å²) in [5, 5.41) is 12.9. The molecule has 2 fully saturated rings. The lowest BCUT2D eigenvalue weighted by Crippen LogP contribution is -2.55. The molecule has 2 aliphatic carbocycles. The smallest absolute Gasteiger partial charge is 0.272 e. The fourth-order valence-electron chi connectivity index (χ4n) is 5.98. The number of aromatic nitrogens is 3. The number of nitrogens with one attached hydrogen (secondary N) is 2. The van der Waals surface area contributed by atoms with Gasteiger partial charge in [-0.25, -0.2) is 5.10 Å². The number of carbonyl (C=O) groups excluding carboxylic acids is 1. The van der Waals surface area contributed by atoms with Crippen LogP contribution in [0.5, 0.6) is 5.75 Å². The van der Waals surface area contributed by atoms with Crippen LogP contribution in [0, 0.1) is 5.41 Å². The van der Waals surface area contributed by atoms with Crippen molar-refractivity contribution in [3.05, 3.63) is 70.3 Å². The third-order valence-corrected chi connectivity index (χ3v) is 7.65. The second-order valence-electron chi connectivity index (χ2n) is 9.68. The molecule has 0 bridgehead atoms. The number of fused-ring (bicyclic) bond motifs is 2. The van der Waals surface area contributed by atoms with Gasteiger partial charge < -0.3 is 14.6 Å². The molecule has 0 radical (unpaired) electrons. The van der Waals surface area contributed by atoms with Crippen molar-refractivity contribution in [2.24, 2.45) is 12.5 Å². The Morgan fingerprint density at radius 1 is 1.12 bits per heavy atom. The van der Waals surface area contributed by atoms with Crippen LogP contribution < -0.4 is 15.6 Å². The molecule has 2 N–H and O–H groups in total. The van der Waals surface area contributed by atoms with Gasteiger partial charge in [-0.05, 0) is 61.4 Å². The van der Waals surface area contributed by atoms with Gasteiger partial charge in [-0.1, -0.05) is 18.2 Å². The van der Waals surface area contributed by atoms with E-state index in [-0.39, 0.29) is 22.9 Å². The highest BCUT2D eigenvalue weighted by Crippen LogP contribution is 2.62. The minimum atomic E-state index is -0.137. The van der Waals surface area contributed by atoms with E-state index < -0.39 is 0 Å². The summed E-state index contributed by atoms with van der Waals surface area (Å²) in [6.07, 6.45) is 4.09. The molecule has 2 saturated carbocycles. The second-order valence-corrected chi connectivity index (χ2v) is 9.68. The van der Waals surface area contributed by atoms with Crippen molar-refractivity contribution < 1.29 is 9.53 Å². The summed E-state index contributed by atoms with van der Waals surface area (Å²) in [6, 6.07) is 15.6. The van der Waals surface area contributed by atoms with Crippen LogP contribution in [0.4, 0.5) is 0 Å².